The molecule has 1 amide bonds. The molecule has 0 radical (unpaired) electrons. The van der Waals surface area contributed by atoms with Crippen LogP contribution < -0.4 is 5.32 Å². The average Bonchev–Trinajstić information content (AvgIpc) is 2.74. The number of ether oxygens (including phenoxy) is 1. The van der Waals surface area contributed by atoms with Gasteiger partial charge < -0.3 is 10.1 Å². The Morgan fingerprint density at radius 2 is 1.68 bits per heavy atom. The molecule has 2 aromatic carbocycles. The highest BCUT2D eigenvalue weighted by molar-refractivity contribution is 7.98. The third-order valence-corrected chi connectivity index (χ3v) is 5.48. The molecular weight excluding hydrogens is 372 g/mol. The van der Waals surface area contributed by atoms with Gasteiger partial charge in [0.05, 0.1) is 13.2 Å². The van der Waals surface area contributed by atoms with Crippen molar-refractivity contribution >= 4 is 29.1 Å². The lowest BCUT2D eigenvalue weighted by Gasteiger charge is -2.26. The third-order valence-electron chi connectivity index (χ3n) is 4.74. The summed E-state index contributed by atoms with van der Waals surface area (Å²) in [5, 5.41) is 2.87. The molecule has 1 saturated heterocycles. The van der Waals surface area contributed by atoms with Gasteiger partial charge in [-0.2, -0.15) is 0 Å². The lowest BCUT2D eigenvalue weighted by molar-refractivity contribution is -0.116. The lowest BCUT2D eigenvalue weighted by atomic mass is 10.1. The number of rotatable bonds is 8. The van der Waals surface area contributed by atoms with Crippen molar-refractivity contribution < 1.29 is 14.3 Å². The van der Waals surface area contributed by atoms with Crippen LogP contribution in [0.2, 0.25) is 0 Å². The van der Waals surface area contributed by atoms with E-state index in [-0.39, 0.29) is 24.5 Å². The van der Waals surface area contributed by atoms with E-state index in [1.165, 1.54) is 5.56 Å². The summed E-state index contributed by atoms with van der Waals surface area (Å²) in [6.07, 6.45) is 2.38. The zero-order chi connectivity index (χ0) is 19.8. The van der Waals surface area contributed by atoms with Gasteiger partial charge in [-0.15, -0.1) is 11.8 Å². The van der Waals surface area contributed by atoms with E-state index in [2.05, 4.69) is 10.2 Å². The first-order chi connectivity index (χ1) is 13.6. The number of morpholine rings is 1. The number of thioether (sulfide) groups is 1. The number of carbonyl (C=O) groups is 2. The summed E-state index contributed by atoms with van der Waals surface area (Å²) < 4.78 is 5.36. The van der Waals surface area contributed by atoms with Crippen molar-refractivity contribution in [1.29, 1.82) is 0 Å². The van der Waals surface area contributed by atoms with E-state index in [0.29, 0.717) is 5.56 Å². The maximum Gasteiger partial charge on any atom is 0.224 e. The number of Topliss-reactive ketones (excluding diaryl/α,β-unsaturated/α-hetero) is 1. The maximum atomic E-state index is 12.2. The number of carbonyl (C=O) groups excluding carboxylic acids is 2. The first kappa shape index (κ1) is 20.6. The van der Waals surface area contributed by atoms with Crippen LogP contribution in [0, 0.1) is 0 Å². The number of hydrogen-bond acceptors (Lipinski definition) is 5. The Morgan fingerprint density at radius 1 is 1.00 bits per heavy atom. The second-order valence-electron chi connectivity index (χ2n) is 6.79. The molecule has 0 unspecified atom stereocenters. The standard InChI is InChI=1S/C22H26N2O3S/c1-28-20-8-4-18(5-9-20)21(25)10-11-22(26)23-19-6-2-17(3-7-19)16-24-12-14-27-15-13-24/h2-9H,10-16H2,1H3,(H,23,26). The van der Waals surface area contributed by atoms with Crippen LogP contribution in [0.25, 0.3) is 0 Å². The molecule has 0 spiro atoms. The molecule has 1 fully saturated rings. The minimum absolute atomic E-state index is 0.0105. The fourth-order valence-corrected chi connectivity index (χ4v) is 3.49. The minimum Gasteiger partial charge on any atom is -0.379 e. The molecule has 0 aliphatic carbocycles. The molecule has 0 aromatic heterocycles. The molecule has 0 saturated carbocycles. The van der Waals surface area contributed by atoms with Crippen molar-refractivity contribution in [2.24, 2.45) is 0 Å². The molecule has 1 aliphatic rings. The van der Waals surface area contributed by atoms with Crippen LogP contribution in [0.3, 0.4) is 0 Å². The number of amides is 1. The summed E-state index contributed by atoms with van der Waals surface area (Å²) in [4.78, 5) is 27.9. The van der Waals surface area contributed by atoms with E-state index in [0.717, 1.165) is 43.4 Å². The van der Waals surface area contributed by atoms with Crippen molar-refractivity contribution in [3.8, 4) is 0 Å². The number of anilines is 1. The Morgan fingerprint density at radius 3 is 2.32 bits per heavy atom. The fourth-order valence-electron chi connectivity index (χ4n) is 3.08. The summed E-state index contributed by atoms with van der Waals surface area (Å²) in [6, 6.07) is 15.4. The lowest BCUT2D eigenvalue weighted by Crippen LogP contribution is -2.35. The van der Waals surface area contributed by atoms with Crippen LogP contribution in [-0.4, -0.2) is 49.1 Å². The second-order valence-corrected chi connectivity index (χ2v) is 7.66. The summed E-state index contributed by atoms with van der Waals surface area (Å²) in [5.74, 6) is -0.154. The highest BCUT2D eigenvalue weighted by atomic mass is 32.2. The summed E-state index contributed by atoms with van der Waals surface area (Å²) in [7, 11) is 0. The van der Waals surface area contributed by atoms with Gasteiger partial charge in [-0.25, -0.2) is 0 Å². The van der Waals surface area contributed by atoms with E-state index in [9.17, 15) is 9.59 Å². The highest BCUT2D eigenvalue weighted by Crippen LogP contribution is 2.17. The van der Waals surface area contributed by atoms with E-state index in [1.54, 1.807) is 11.8 Å². The molecule has 5 nitrogen and oxygen atoms in total. The van der Waals surface area contributed by atoms with Gasteiger partial charge >= 0.3 is 0 Å². The molecular formula is C22H26N2O3S. The highest BCUT2D eigenvalue weighted by Gasteiger charge is 2.12. The topological polar surface area (TPSA) is 58.6 Å². The molecule has 0 bridgehead atoms. The van der Waals surface area contributed by atoms with E-state index < -0.39 is 0 Å². The first-order valence-electron chi connectivity index (χ1n) is 9.50. The molecule has 0 atom stereocenters. The molecule has 1 aliphatic heterocycles. The Hall–Kier alpha value is -2.15. The molecule has 28 heavy (non-hydrogen) atoms. The predicted molar refractivity (Wildman–Crippen MR) is 113 cm³/mol. The normalized spacial score (nSPS) is 14.6. The van der Waals surface area contributed by atoms with E-state index in [4.69, 9.17) is 4.74 Å². The van der Waals surface area contributed by atoms with Crippen molar-refractivity contribution in [2.45, 2.75) is 24.3 Å². The molecule has 6 heteroatoms. The average molecular weight is 399 g/mol. The van der Waals surface area contributed by atoms with Gasteiger partial charge in [0.1, 0.15) is 0 Å². The number of nitrogens with one attached hydrogen (secondary N) is 1. The Balaban J connectivity index is 1.44. The van der Waals surface area contributed by atoms with Crippen molar-refractivity contribution in [3.63, 3.8) is 0 Å². The van der Waals surface area contributed by atoms with Crippen LogP contribution in [0.4, 0.5) is 5.69 Å². The third kappa shape index (κ3) is 6.19. The number of nitrogens with zero attached hydrogens (tertiary/aromatic N) is 1. The number of benzene rings is 2. The van der Waals surface area contributed by atoms with Crippen molar-refractivity contribution in [1.82, 2.24) is 4.90 Å². The maximum absolute atomic E-state index is 12.2. The SMILES string of the molecule is CSc1ccc(C(=O)CCC(=O)Nc2ccc(CN3CCOCC3)cc2)cc1. The van der Waals surface area contributed by atoms with Crippen LogP contribution in [0.15, 0.2) is 53.4 Å². The Kier molecular flexibility index (Phi) is 7.65. The van der Waals surface area contributed by atoms with Crippen LogP contribution in [0.5, 0.6) is 0 Å². The molecule has 1 N–H and O–H groups in total. The van der Waals surface area contributed by atoms with Gasteiger partial charge in [-0.1, -0.05) is 24.3 Å². The summed E-state index contributed by atoms with van der Waals surface area (Å²) in [6.45, 7) is 4.36. The second kappa shape index (κ2) is 10.4. The van der Waals surface area contributed by atoms with E-state index in [1.807, 2.05) is 54.8 Å². The zero-order valence-corrected chi connectivity index (χ0v) is 17.0. The number of hydrogen-bond donors (Lipinski definition) is 1. The smallest absolute Gasteiger partial charge is 0.224 e. The minimum atomic E-state index is -0.144. The van der Waals surface area contributed by atoms with Gasteiger partial charge in [-0.3, -0.25) is 14.5 Å². The van der Waals surface area contributed by atoms with Crippen LogP contribution >= 0.6 is 11.8 Å². The number of ketones is 1. The Labute approximate surface area is 170 Å². The molecule has 148 valence electrons. The monoisotopic (exact) mass is 398 g/mol. The Bertz CT molecular complexity index is 784. The van der Waals surface area contributed by atoms with Crippen LogP contribution in [0.1, 0.15) is 28.8 Å². The first-order valence-corrected chi connectivity index (χ1v) is 10.7. The van der Waals surface area contributed by atoms with Gasteiger partial charge in [0.15, 0.2) is 5.78 Å². The zero-order valence-electron chi connectivity index (χ0n) is 16.1. The molecule has 1 heterocycles. The van der Waals surface area contributed by atoms with Crippen LogP contribution in [-0.2, 0) is 16.1 Å². The summed E-state index contributed by atoms with van der Waals surface area (Å²) in [5.41, 5.74) is 2.62. The van der Waals surface area contributed by atoms with Gasteiger partial charge in [0, 0.05) is 48.6 Å². The largest absolute Gasteiger partial charge is 0.379 e. The predicted octanol–water partition coefficient (Wildman–Crippen LogP) is 3.84. The quantitative estimate of drug-likeness (QED) is 0.541. The van der Waals surface area contributed by atoms with E-state index >= 15 is 0 Å². The van der Waals surface area contributed by atoms with Crippen molar-refractivity contribution in [2.75, 3.05) is 37.9 Å². The van der Waals surface area contributed by atoms with Gasteiger partial charge in [0.25, 0.3) is 0 Å². The fraction of sp³-hybridized carbons (Fsp3) is 0.364. The van der Waals surface area contributed by atoms with Gasteiger partial charge in [0.2, 0.25) is 5.91 Å². The molecule has 2 aromatic rings. The summed E-state index contributed by atoms with van der Waals surface area (Å²) >= 11 is 1.64. The molecule has 3 rings (SSSR count). The van der Waals surface area contributed by atoms with Crippen molar-refractivity contribution in [3.05, 3.63) is 59.7 Å². The van der Waals surface area contributed by atoms with Gasteiger partial charge in [-0.05, 0) is 36.1 Å².